The largest absolute Gasteiger partial charge is 0.500 e. The van der Waals surface area contributed by atoms with E-state index in [0.29, 0.717) is 12.2 Å². The van der Waals surface area contributed by atoms with Gasteiger partial charge in [-0.25, -0.2) is 0 Å². The minimum absolute atomic E-state index is 0.113. The zero-order valence-electron chi connectivity index (χ0n) is 18.3. The van der Waals surface area contributed by atoms with Gasteiger partial charge in [0.1, 0.15) is 5.78 Å². The number of Topliss-reactive ketones (excluding diaryl/α,β-unsaturated/α-hetero) is 1. The number of rotatable bonds is 18. The third-order valence-electron chi connectivity index (χ3n) is 5.24. The Labute approximate surface area is 167 Å². The molecule has 0 aromatic heterocycles. The molecule has 0 saturated heterocycles. The molecule has 0 rings (SSSR count). The zero-order chi connectivity index (χ0) is 20.8. The fourth-order valence-electron chi connectivity index (χ4n) is 3.33. The highest BCUT2D eigenvalue weighted by Crippen LogP contribution is 2.24. The topological polar surface area (TPSA) is 72.5 Å². The summed E-state index contributed by atoms with van der Waals surface area (Å²) in [5.74, 6) is 0.458. The van der Waals surface area contributed by atoms with Gasteiger partial charge in [0.25, 0.3) is 0 Å². The van der Waals surface area contributed by atoms with E-state index in [1.807, 2.05) is 6.92 Å². The summed E-state index contributed by atoms with van der Waals surface area (Å²) in [4.78, 5) is 12.3. The first kappa shape index (κ1) is 26.9. The van der Waals surface area contributed by atoms with Crippen molar-refractivity contribution in [2.24, 2.45) is 5.92 Å². The first-order chi connectivity index (χ1) is 12.9. The molecule has 0 saturated carbocycles. The lowest BCUT2D eigenvalue weighted by atomic mass is 9.91. The van der Waals surface area contributed by atoms with Crippen LogP contribution in [0.4, 0.5) is 0 Å². The normalized spacial score (nSPS) is 12.7. The van der Waals surface area contributed by atoms with Crippen molar-refractivity contribution in [3.63, 3.8) is 0 Å². The summed E-state index contributed by atoms with van der Waals surface area (Å²) in [6, 6.07) is 1.54. The van der Waals surface area contributed by atoms with Crippen molar-refractivity contribution in [2.45, 2.75) is 64.0 Å². The van der Waals surface area contributed by atoms with Crippen molar-refractivity contribution < 1.29 is 31.4 Å². The quantitative estimate of drug-likeness (QED) is 0.245. The molecule has 0 heterocycles. The van der Waals surface area contributed by atoms with Crippen LogP contribution < -0.4 is 0 Å². The van der Waals surface area contributed by atoms with Crippen LogP contribution in [0.1, 0.15) is 51.9 Å². The fraction of sp³-hybridized carbons (Fsp3) is 0.944. The lowest BCUT2D eigenvalue weighted by Crippen LogP contribution is -2.42. The van der Waals surface area contributed by atoms with Crippen LogP contribution in [-0.4, -0.2) is 66.1 Å². The molecule has 9 heteroatoms. The summed E-state index contributed by atoms with van der Waals surface area (Å²) >= 11 is 0. The van der Waals surface area contributed by atoms with Gasteiger partial charge in [-0.1, -0.05) is 19.8 Å². The van der Waals surface area contributed by atoms with Crippen molar-refractivity contribution in [3.05, 3.63) is 0 Å². The van der Waals surface area contributed by atoms with Crippen molar-refractivity contribution in [1.82, 2.24) is 0 Å². The Morgan fingerprint density at radius 1 is 0.667 bits per heavy atom. The molecule has 0 aromatic carbocycles. The van der Waals surface area contributed by atoms with E-state index in [4.69, 9.17) is 26.6 Å². The van der Waals surface area contributed by atoms with Gasteiger partial charge in [0.15, 0.2) is 0 Å². The summed E-state index contributed by atoms with van der Waals surface area (Å²) in [5.41, 5.74) is 0. The second kappa shape index (κ2) is 14.8. The van der Waals surface area contributed by atoms with Crippen LogP contribution in [-0.2, 0) is 31.4 Å². The Kier molecular flexibility index (Phi) is 14.7. The molecule has 0 aromatic rings. The first-order valence-corrected chi connectivity index (χ1v) is 13.6. The molecule has 27 heavy (non-hydrogen) atoms. The Bertz CT molecular complexity index is 343. The third kappa shape index (κ3) is 9.27. The van der Waals surface area contributed by atoms with Crippen molar-refractivity contribution >= 4 is 23.4 Å². The van der Waals surface area contributed by atoms with Gasteiger partial charge in [0.2, 0.25) is 0 Å². The van der Waals surface area contributed by atoms with E-state index in [-0.39, 0.29) is 5.92 Å². The van der Waals surface area contributed by atoms with E-state index >= 15 is 0 Å². The van der Waals surface area contributed by atoms with Gasteiger partial charge in [-0.15, -0.1) is 0 Å². The average Bonchev–Trinajstić information content (AvgIpc) is 2.72. The van der Waals surface area contributed by atoms with Crippen LogP contribution in [0, 0.1) is 5.92 Å². The van der Waals surface area contributed by atoms with Gasteiger partial charge in [0.05, 0.1) is 0 Å². The van der Waals surface area contributed by atoms with Gasteiger partial charge in [-0.2, -0.15) is 0 Å². The average molecular weight is 425 g/mol. The molecule has 0 atom stereocenters. The molecule has 162 valence electrons. The molecular formula is C18H40O7Si2. The predicted molar refractivity (Wildman–Crippen MR) is 110 cm³/mol. The van der Waals surface area contributed by atoms with E-state index in [1.165, 1.54) is 0 Å². The predicted octanol–water partition coefficient (Wildman–Crippen LogP) is 3.68. The lowest BCUT2D eigenvalue weighted by Gasteiger charge is -2.25. The number of hydrogen-bond donors (Lipinski definition) is 0. The van der Waals surface area contributed by atoms with Gasteiger partial charge in [-0.05, 0) is 25.7 Å². The zero-order valence-corrected chi connectivity index (χ0v) is 20.3. The molecule has 0 fully saturated rings. The second-order valence-electron chi connectivity index (χ2n) is 6.60. The van der Waals surface area contributed by atoms with E-state index in [1.54, 1.807) is 42.7 Å². The molecule has 0 spiro atoms. The second-order valence-corrected chi connectivity index (χ2v) is 12.8. The van der Waals surface area contributed by atoms with Gasteiger partial charge in [0, 0.05) is 67.1 Å². The minimum atomic E-state index is -2.51. The monoisotopic (exact) mass is 424 g/mol. The van der Waals surface area contributed by atoms with Gasteiger partial charge in [-0.3, -0.25) is 4.79 Å². The summed E-state index contributed by atoms with van der Waals surface area (Å²) in [6.07, 6.45) is 6.18. The first-order valence-electron chi connectivity index (χ1n) is 9.75. The molecule has 0 aliphatic heterocycles. The molecule has 7 nitrogen and oxygen atoms in total. The molecule has 0 amide bonds. The van der Waals surface area contributed by atoms with Crippen molar-refractivity contribution in [2.75, 3.05) is 42.7 Å². The molecule has 0 unspecified atom stereocenters. The van der Waals surface area contributed by atoms with Gasteiger partial charge < -0.3 is 26.6 Å². The van der Waals surface area contributed by atoms with E-state index < -0.39 is 17.6 Å². The number of unbranched alkanes of at least 4 members (excludes halogenated alkanes) is 2. The fourth-order valence-corrected chi connectivity index (χ4v) is 6.92. The molecule has 0 aliphatic carbocycles. The van der Waals surface area contributed by atoms with Crippen LogP contribution in [0.25, 0.3) is 0 Å². The summed E-state index contributed by atoms with van der Waals surface area (Å²) < 4.78 is 32.7. The highest BCUT2D eigenvalue weighted by atomic mass is 28.4. The molecule has 0 radical (unpaired) electrons. The summed E-state index contributed by atoms with van der Waals surface area (Å²) in [5, 5.41) is 0. The highest BCUT2D eigenvalue weighted by Gasteiger charge is 2.37. The van der Waals surface area contributed by atoms with E-state index in [2.05, 4.69) is 0 Å². The number of carbonyl (C=O) groups is 1. The smallest absolute Gasteiger partial charge is 0.377 e. The standard InChI is InChI=1S/C18H40O7Si2/c1-8-18(19)17(13-9-11-15-26(20-2,21-3)22-4)14-10-12-16-27(23-5,24-6)25-7/h17H,8-16H2,1-7H3. The highest BCUT2D eigenvalue weighted by molar-refractivity contribution is 6.60. The Morgan fingerprint density at radius 3 is 1.26 bits per heavy atom. The van der Waals surface area contributed by atoms with Crippen molar-refractivity contribution in [1.29, 1.82) is 0 Å². The number of ketones is 1. The van der Waals surface area contributed by atoms with Gasteiger partial charge >= 0.3 is 17.6 Å². The maximum Gasteiger partial charge on any atom is 0.500 e. The van der Waals surface area contributed by atoms with Crippen molar-refractivity contribution in [3.8, 4) is 0 Å². The van der Waals surface area contributed by atoms with Crippen LogP contribution in [0.3, 0.4) is 0 Å². The number of carbonyl (C=O) groups excluding carboxylic acids is 1. The Hall–Kier alpha value is -0.136. The lowest BCUT2D eigenvalue weighted by molar-refractivity contribution is -0.123. The maximum absolute atomic E-state index is 12.3. The van der Waals surface area contributed by atoms with E-state index in [0.717, 1.165) is 50.6 Å². The van der Waals surface area contributed by atoms with Crippen LogP contribution in [0.2, 0.25) is 12.1 Å². The Morgan fingerprint density at radius 2 is 1.00 bits per heavy atom. The van der Waals surface area contributed by atoms with E-state index in [9.17, 15) is 4.79 Å². The molecule has 0 bridgehead atoms. The third-order valence-corrected chi connectivity index (χ3v) is 10.9. The summed E-state index contributed by atoms with van der Waals surface area (Å²) in [6.45, 7) is 1.94. The summed E-state index contributed by atoms with van der Waals surface area (Å²) in [7, 11) is 4.76. The van der Waals surface area contributed by atoms with Crippen LogP contribution >= 0.6 is 0 Å². The minimum Gasteiger partial charge on any atom is -0.377 e. The molecule has 0 aliphatic rings. The molecular weight excluding hydrogens is 384 g/mol. The molecule has 0 N–H and O–H groups in total. The van der Waals surface area contributed by atoms with Crippen LogP contribution in [0.15, 0.2) is 0 Å². The number of hydrogen-bond acceptors (Lipinski definition) is 7. The SMILES string of the molecule is CCC(=O)C(CCCC[Si](OC)(OC)OC)CCCC[Si](OC)(OC)OC. The Balaban J connectivity index is 4.39. The maximum atomic E-state index is 12.3. The van der Waals surface area contributed by atoms with Crippen LogP contribution in [0.5, 0.6) is 0 Å².